The first kappa shape index (κ1) is 23.9. The van der Waals surface area contributed by atoms with Gasteiger partial charge >= 0.3 is 10.1 Å². The molecule has 0 spiro atoms. The highest BCUT2D eigenvalue weighted by atomic mass is 79.9. The van der Waals surface area contributed by atoms with Crippen molar-refractivity contribution >= 4 is 48.4 Å². The Bertz CT molecular complexity index is 1710. The number of imidazole rings is 1. The van der Waals surface area contributed by atoms with E-state index in [0.717, 1.165) is 34.2 Å². The van der Waals surface area contributed by atoms with Gasteiger partial charge in [0.15, 0.2) is 5.75 Å². The van der Waals surface area contributed by atoms with E-state index in [1.54, 1.807) is 30.5 Å². The van der Waals surface area contributed by atoms with Gasteiger partial charge in [0.2, 0.25) is 0 Å². The Hall–Kier alpha value is -3.43. The molecule has 3 heterocycles. The molecule has 0 unspecified atom stereocenters. The summed E-state index contributed by atoms with van der Waals surface area (Å²) in [6, 6.07) is 20.0. The quantitative estimate of drug-likeness (QED) is 0.223. The fourth-order valence-corrected chi connectivity index (χ4v) is 6.42. The molecule has 5 aromatic rings. The van der Waals surface area contributed by atoms with Gasteiger partial charge in [-0.25, -0.2) is 4.98 Å². The van der Waals surface area contributed by atoms with Crippen LogP contribution in [-0.2, 0) is 10.1 Å². The summed E-state index contributed by atoms with van der Waals surface area (Å²) in [5.74, 6) is 1.04. The number of nitrogens with one attached hydrogen (secondary N) is 1. The molecular formula is C28H25BrN4O3S. The van der Waals surface area contributed by atoms with Crippen LogP contribution in [0.4, 0.5) is 5.82 Å². The maximum absolute atomic E-state index is 13.5. The van der Waals surface area contributed by atoms with Gasteiger partial charge in [-0.2, -0.15) is 8.42 Å². The summed E-state index contributed by atoms with van der Waals surface area (Å²) < 4.78 is 35.7. The first-order chi connectivity index (χ1) is 18.0. The van der Waals surface area contributed by atoms with E-state index < -0.39 is 10.1 Å². The highest BCUT2D eigenvalue weighted by Crippen LogP contribution is 2.38. The Morgan fingerprint density at radius 2 is 1.76 bits per heavy atom. The molecular weight excluding hydrogens is 552 g/mol. The van der Waals surface area contributed by atoms with E-state index in [1.807, 2.05) is 47.0 Å². The lowest BCUT2D eigenvalue weighted by Crippen LogP contribution is -2.23. The Morgan fingerprint density at radius 3 is 2.62 bits per heavy atom. The van der Waals surface area contributed by atoms with Gasteiger partial charge in [-0.1, -0.05) is 49.6 Å². The average Bonchev–Trinajstić information content (AvgIpc) is 3.26. The minimum Gasteiger partial charge on any atom is -0.378 e. The van der Waals surface area contributed by atoms with Crippen molar-refractivity contribution in [2.24, 2.45) is 0 Å². The Balaban J connectivity index is 1.45. The monoisotopic (exact) mass is 576 g/mol. The molecule has 1 fully saturated rings. The molecule has 0 atom stereocenters. The molecule has 1 N–H and O–H groups in total. The number of halogens is 1. The molecule has 1 saturated carbocycles. The fraction of sp³-hybridized carbons (Fsp3) is 0.214. The van der Waals surface area contributed by atoms with E-state index >= 15 is 0 Å². The van der Waals surface area contributed by atoms with Crippen molar-refractivity contribution in [1.29, 1.82) is 0 Å². The summed E-state index contributed by atoms with van der Waals surface area (Å²) in [7, 11) is -4.17. The van der Waals surface area contributed by atoms with Crippen LogP contribution in [0.25, 0.3) is 27.8 Å². The summed E-state index contributed by atoms with van der Waals surface area (Å²) in [4.78, 5) is 9.22. The fourth-order valence-electron chi connectivity index (χ4n) is 4.96. The molecule has 188 valence electrons. The lowest BCUT2D eigenvalue weighted by molar-refractivity contribution is 0.461. The molecule has 3 aromatic heterocycles. The van der Waals surface area contributed by atoms with Gasteiger partial charge in [-0.05, 0) is 65.2 Å². The zero-order valence-electron chi connectivity index (χ0n) is 20.0. The first-order valence-electron chi connectivity index (χ1n) is 12.3. The van der Waals surface area contributed by atoms with Gasteiger partial charge in [-0.3, -0.25) is 9.38 Å². The number of pyridine rings is 2. The standard InChI is InChI=1S/C28H25BrN4O3S/c29-20-15-16-25-32-27(28(33(25)18-20)31-21-10-2-1-3-11-21)22-12-4-5-13-23(22)36-37(34,35)24-14-6-8-19-9-7-17-30-26(19)24/h4-9,12-18,21,31H,1-3,10-11H2. The van der Waals surface area contributed by atoms with Crippen LogP contribution >= 0.6 is 15.9 Å². The number of nitrogens with zero attached hydrogens (tertiary/aromatic N) is 3. The molecule has 0 bridgehead atoms. The predicted molar refractivity (Wildman–Crippen MR) is 148 cm³/mol. The van der Waals surface area contributed by atoms with Crippen LogP contribution in [0.5, 0.6) is 5.75 Å². The second kappa shape index (κ2) is 9.79. The summed E-state index contributed by atoms with van der Waals surface area (Å²) >= 11 is 3.57. The minimum atomic E-state index is -4.17. The van der Waals surface area contributed by atoms with Crippen molar-refractivity contribution in [2.45, 2.75) is 43.0 Å². The SMILES string of the molecule is O=S(=O)(Oc1ccccc1-c1nc2ccc(Br)cn2c1NC1CCCCC1)c1cccc2cccnc12. The Morgan fingerprint density at radius 1 is 0.946 bits per heavy atom. The van der Waals surface area contributed by atoms with Crippen molar-refractivity contribution in [2.75, 3.05) is 5.32 Å². The number of fused-ring (bicyclic) bond motifs is 2. The van der Waals surface area contributed by atoms with E-state index in [-0.39, 0.29) is 10.6 Å². The highest BCUT2D eigenvalue weighted by Gasteiger charge is 2.26. The first-order valence-corrected chi connectivity index (χ1v) is 14.5. The Kier molecular flexibility index (Phi) is 6.34. The van der Waals surface area contributed by atoms with Crippen molar-refractivity contribution in [3.8, 4) is 17.0 Å². The number of para-hydroxylation sites is 2. The van der Waals surface area contributed by atoms with E-state index in [9.17, 15) is 8.42 Å². The van der Waals surface area contributed by atoms with Gasteiger partial charge < -0.3 is 9.50 Å². The number of anilines is 1. The van der Waals surface area contributed by atoms with Crippen molar-refractivity contribution in [3.05, 3.63) is 83.6 Å². The second-order valence-electron chi connectivity index (χ2n) is 9.23. The van der Waals surface area contributed by atoms with Gasteiger partial charge in [0, 0.05) is 33.9 Å². The van der Waals surface area contributed by atoms with Crippen molar-refractivity contribution in [1.82, 2.24) is 14.4 Å². The second-order valence-corrected chi connectivity index (χ2v) is 11.7. The molecule has 1 aliphatic rings. The molecule has 0 aliphatic heterocycles. The number of hydrogen-bond acceptors (Lipinski definition) is 6. The van der Waals surface area contributed by atoms with Crippen LogP contribution in [0.15, 0.2) is 88.5 Å². The normalized spacial score (nSPS) is 14.7. The van der Waals surface area contributed by atoms with Crippen LogP contribution in [0.2, 0.25) is 0 Å². The Labute approximate surface area is 223 Å². The summed E-state index contributed by atoms with van der Waals surface area (Å²) in [6.07, 6.45) is 9.34. The van der Waals surface area contributed by atoms with Crippen LogP contribution in [0.3, 0.4) is 0 Å². The molecule has 0 amide bonds. The summed E-state index contributed by atoms with van der Waals surface area (Å²) in [5.41, 5.74) is 2.37. The zero-order valence-corrected chi connectivity index (χ0v) is 22.4. The lowest BCUT2D eigenvalue weighted by atomic mass is 9.95. The molecule has 1 aliphatic carbocycles. The maximum Gasteiger partial charge on any atom is 0.341 e. The number of hydrogen-bond donors (Lipinski definition) is 1. The summed E-state index contributed by atoms with van der Waals surface area (Å²) in [5, 5.41) is 4.44. The van der Waals surface area contributed by atoms with Crippen molar-refractivity contribution in [3.63, 3.8) is 0 Å². The molecule has 0 saturated heterocycles. The van der Waals surface area contributed by atoms with Crippen molar-refractivity contribution < 1.29 is 12.6 Å². The lowest BCUT2D eigenvalue weighted by Gasteiger charge is -2.24. The third kappa shape index (κ3) is 4.69. The van der Waals surface area contributed by atoms with Crippen LogP contribution in [0.1, 0.15) is 32.1 Å². The van der Waals surface area contributed by atoms with E-state index in [4.69, 9.17) is 9.17 Å². The van der Waals surface area contributed by atoms with Crippen LogP contribution in [0, 0.1) is 0 Å². The molecule has 7 nitrogen and oxygen atoms in total. The topological polar surface area (TPSA) is 85.6 Å². The van der Waals surface area contributed by atoms with Crippen LogP contribution in [-0.4, -0.2) is 28.8 Å². The molecule has 0 radical (unpaired) electrons. The minimum absolute atomic E-state index is 0.0277. The summed E-state index contributed by atoms with van der Waals surface area (Å²) in [6.45, 7) is 0. The molecule has 37 heavy (non-hydrogen) atoms. The molecule has 6 rings (SSSR count). The van der Waals surface area contributed by atoms with E-state index in [2.05, 4.69) is 26.2 Å². The van der Waals surface area contributed by atoms with E-state index in [1.165, 1.54) is 25.3 Å². The average molecular weight is 578 g/mol. The van der Waals surface area contributed by atoms with Gasteiger partial charge in [-0.15, -0.1) is 0 Å². The number of aromatic nitrogens is 3. The number of benzene rings is 2. The smallest absolute Gasteiger partial charge is 0.341 e. The maximum atomic E-state index is 13.5. The van der Waals surface area contributed by atoms with E-state index in [0.29, 0.717) is 22.8 Å². The number of rotatable bonds is 6. The van der Waals surface area contributed by atoms with Crippen LogP contribution < -0.4 is 9.50 Å². The zero-order chi connectivity index (χ0) is 25.4. The van der Waals surface area contributed by atoms with Gasteiger partial charge in [0.05, 0.1) is 5.52 Å². The van der Waals surface area contributed by atoms with Gasteiger partial charge in [0.1, 0.15) is 22.1 Å². The predicted octanol–water partition coefficient (Wildman–Crippen LogP) is 6.82. The molecule has 9 heteroatoms. The highest BCUT2D eigenvalue weighted by molar-refractivity contribution is 9.10. The van der Waals surface area contributed by atoms with Gasteiger partial charge in [0.25, 0.3) is 0 Å². The third-order valence-electron chi connectivity index (χ3n) is 6.74. The largest absolute Gasteiger partial charge is 0.378 e. The third-order valence-corrected chi connectivity index (χ3v) is 8.47. The molecule has 2 aromatic carbocycles.